The van der Waals surface area contributed by atoms with E-state index in [4.69, 9.17) is 9.47 Å². The van der Waals surface area contributed by atoms with E-state index in [1.165, 1.54) is 12.8 Å². The van der Waals surface area contributed by atoms with Crippen LogP contribution < -0.4 is 5.32 Å². The van der Waals surface area contributed by atoms with Crippen molar-refractivity contribution in [1.82, 2.24) is 10.3 Å². The Morgan fingerprint density at radius 1 is 1.50 bits per heavy atom. The summed E-state index contributed by atoms with van der Waals surface area (Å²) in [7, 11) is 0. The number of nitrogens with zero attached hydrogens (tertiary/aromatic N) is 1. The van der Waals surface area contributed by atoms with Gasteiger partial charge < -0.3 is 14.8 Å². The van der Waals surface area contributed by atoms with Crippen LogP contribution in [-0.2, 0) is 22.6 Å². The van der Waals surface area contributed by atoms with Gasteiger partial charge in [-0.05, 0) is 12.8 Å². The third kappa shape index (κ3) is 2.79. The van der Waals surface area contributed by atoms with Crippen LogP contribution in [0.1, 0.15) is 23.5 Å². The van der Waals surface area contributed by atoms with Gasteiger partial charge in [0.05, 0.1) is 25.5 Å². The first-order chi connectivity index (χ1) is 7.90. The smallest absolute Gasteiger partial charge is 0.107 e. The number of ether oxygens (including phenoxy) is 2. The van der Waals surface area contributed by atoms with Crippen LogP contribution in [0.5, 0.6) is 0 Å². The van der Waals surface area contributed by atoms with Crippen molar-refractivity contribution >= 4 is 11.3 Å². The average Bonchev–Trinajstić information content (AvgIpc) is 2.94. The Bertz CT molecular complexity index is 348. The molecule has 3 rings (SSSR count). The van der Waals surface area contributed by atoms with Crippen molar-refractivity contribution < 1.29 is 9.47 Å². The predicted octanol–water partition coefficient (Wildman–Crippen LogP) is 1.31. The molecule has 16 heavy (non-hydrogen) atoms. The van der Waals surface area contributed by atoms with Crippen molar-refractivity contribution in [2.45, 2.75) is 38.1 Å². The van der Waals surface area contributed by atoms with Crippen LogP contribution in [-0.4, -0.2) is 30.3 Å². The molecule has 0 aromatic carbocycles. The highest BCUT2D eigenvalue weighted by molar-refractivity contribution is 7.09. The molecule has 0 radical (unpaired) electrons. The molecule has 0 amide bonds. The van der Waals surface area contributed by atoms with E-state index < -0.39 is 0 Å². The summed E-state index contributed by atoms with van der Waals surface area (Å²) in [5, 5.41) is 6.71. The summed E-state index contributed by atoms with van der Waals surface area (Å²) in [5.41, 5.74) is 1.05. The minimum atomic E-state index is 0.287. The molecule has 0 bridgehead atoms. The van der Waals surface area contributed by atoms with E-state index in [9.17, 15) is 0 Å². The van der Waals surface area contributed by atoms with Gasteiger partial charge >= 0.3 is 0 Å². The second-order valence-corrected chi connectivity index (χ2v) is 5.30. The molecule has 4 nitrogen and oxygen atoms in total. The van der Waals surface area contributed by atoms with E-state index >= 15 is 0 Å². The molecule has 1 N–H and O–H groups in total. The highest BCUT2D eigenvalue weighted by Gasteiger charge is 2.21. The van der Waals surface area contributed by atoms with Crippen molar-refractivity contribution in [2.75, 3.05) is 13.2 Å². The summed E-state index contributed by atoms with van der Waals surface area (Å²) in [5.74, 6) is 0. The highest BCUT2D eigenvalue weighted by atomic mass is 32.1. The first kappa shape index (κ1) is 10.7. The lowest BCUT2D eigenvalue weighted by Gasteiger charge is -2.25. The monoisotopic (exact) mass is 240 g/mol. The topological polar surface area (TPSA) is 43.4 Å². The minimum Gasteiger partial charge on any atom is -0.376 e. The third-order valence-corrected chi connectivity index (χ3v) is 3.69. The summed E-state index contributed by atoms with van der Waals surface area (Å²) in [6.07, 6.45) is 2.93. The van der Waals surface area contributed by atoms with Gasteiger partial charge in [0, 0.05) is 18.0 Å². The Morgan fingerprint density at radius 3 is 3.06 bits per heavy atom. The van der Waals surface area contributed by atoms with Gasteiger partial charge in [0.25, 0.3) is 0 Å². The summed E-state index contributed by atoms with van der Waals surface area (Å²) < 4.78 is 10.7. The highest BCUT2D eigenvalue weighted by Crippen LogP contribution is 2.20. The Labute approximate surface area is 99.0 Å². The SMILES string of the molecule is c1sc(CNC2CC2)nc1COC1COC1. The molecule has 1 aliphatic carbocycles. The zero-order valence-electron chi connectivity index (χ0n) is 9.15. The Hall–Kier alpha value is -0.490. The number of rotatable bonds is 6. The van der Waals surface area contributed by atoms with E-state index in [2.05, 4.69) is 15.7 Å². The van der Waals surface area contributed by atoms with Crippen LogP contribution in [0.15, 0.2) is 5.38 Å². The fourth-order valence-corrected chi connectivity index (χ4v) is 2.26. The second-order valence-electron chi connectivity index (χ2n) is 4.36. The fourth-order valence-electron chi connectivity index (χ4n) is 1.53. The lowest BCUT2D eigenvalue weighted by atomic mass is 10.3. The van der Waals surface area contributed by atoms with Crippen LogP contribution in [0.2, 0.25) is 0 Å². The zero-order valence-corrected chi connectivity index (χ0v) is 9.96. The Balaban J connectivity index is 1.43. The van der Waals surface area contributed by atoms with Gasteiger partial charge in [0.15, 0.2) is 0 Å². The van der Waals surface area contributed by atoms with E-state index in [-0.39, 0.29) is 6.10 Å². The lowest BCUT2D eigenvalue weighted by Crippen LogP contribution is -2.35. The third-order valence-electron chi connectivity index (χ3n) is 2.79. The van der Waals surface area contributed by atoms with E-state index in [0.717, 1.165) is 36.5 Å². The molecule has 0 atom stereocenters. The molecule has 1 saturated carbocycles. The second kappa shape index (κ2) is 4.79. The molecule has 1 aromatic heterocycles. The van der Waals surface area contributed by atoms with Crippen molar-refractivity contribution in [3.05, 3.63) is 16.1 Å². The number of aromatic nitrogens is 1. The molecule has 0 spiro atoms. The van der Waals surface area contributed by atoms with Crippen molar-refractivity contribution in [2.24, 2.45) is 0 Å². The summed E-state index contributed by atoms with van der Waals surface area (Å²) >= 11 is 1.71. The largest absolute Gasteiger partial charge is 0.376 e. The molecular weight excluding hydrogens is 224 g/mol. The fraction of sp³-hybridized carbons (Fsp3) is 0.727. The van der Waals surface area contributed by atoms with Gasteiger partial charge in [0.1, 0.15) is 11.1 Å². The van der Waals surface area contributed by atoms with E-state index in [0.29, 0.717) is 6.61 Å². The van der Waals surface area contributed by atoms with Crippen molar-refractivity contribution in [3.8, 4) is 0 Å². The van der Waals surface area contributed by atoms with E-state index in [1.807, 2.05) is 0 Å². The molecule has 88 valence electrons. The Kier molecular flexibility index (Phi) is 3.19. The van der Waals surface area contributed by atoms with Crippen molar-refractivity contribution in [3.63, 3.8) is 0 Å². The molecule has 2 fully saturated rings. The minimum absolute atomic E-state index is 0.287. The van der Waals surface area contributed by atoms with Gasteiger partial charge in [-0.15, -0.1) is 11.3 Å². The number of thiazole rings is 1. The quantitative estimate of drug-likeness (QED) is 0.814. The predicted molar refractivity (Wildman–Crippen MR) is 61.4 cm³/mol. The molecule has 0 unspecified atom stereocenters. The molecular formula is C11H16N2O2S. The summed E-state index contributed by atoms with van der Waals surface area (Å²) in [6.45, 7) is 3.00. The molecule has 2 heterocycles. The lowest BCUT2D eigenvalue weighted by molar-refractivity contribution is -0.135. The number of hydrogen-bond acceptors (Lipinski definition) is 5. The van der Waals surface area contributed by atoms with Crippen LogP contribution >= 0.6 is 11.3 Å². The van der Waals surface area contributed by atoms with E-state index in [1.54, 1.807) is 11.3 Å². The van der Waals surface area contributed by atoms with Crippen LogP contribution in [0, 0.1) is 0 Å². The average molecular weight is 240 g/mol. The van der Waals surface area contributed by atoms with Crippen LogP contribution in [0.3, 0.4) is 0 Å². The summed E-state index contributed by atoms with van der Waals surface area (Å²) in [4.78, 5) is 4.53. The van der Waals surface area contributed by atoms with Gasteiger partial charge in [-0.1, -0.05) is 0 Å². The number of nitrogens with one attached hydrogen (secondary N) is 1. The van der Waals surface area contributed by atoms with Crippen LogP contribution in [0.25, 0.3) is 0 Å². The molecule has 2 aliphatic rings. The first-order valence-electron chi connectivity index (χ1n) is 5.76. The van der Waals surface area contributed by atoms with Gasteiger partial charge in [-0.2, -0.15) is 0 Å². The summed E-state index contributed by atoms with van der Waals surface area (Å²) in [6, 6.07) is 0.746. The van der Waals surface area contributed by atoms with Gasteiger partial charge in [-0.25, -0.2) is 4.98 Å². The maximum atomic E-state index is 5.61. The molecule has 5 heteroatoms. The van der Waals surface area contributed by atoms with Gasteiger partial charge in [0.2, 0.25) is 0 Å². The molecule has 1 saturated heterocycles. The van der Waals surface area contributed by atoms with Crippen molar-refractivity contribution in [1.29, 1.82) is 0 Å². The maximum Gasteiger partial charge on any atom is 0.107 e. The zero-order chi connectivity index (χ0) is 10.8. The van der Waals surface area contributed by atoms with Crippen LogP contribution in [0.4, 0.5) is 0 Å². The standard InChI is InChI=1S/C11H16N2O2S/c1-2-8(1)12-3-11-13-9(7-16-11)4-15-10-5-14-6-10/h7-8,10,12H,1-6H2. The molecule has 1 aliphatic heterocycles. The molecule has 1 aromatic rings. The first-order valence-corrected chi connectivity index (χ1v) is 6.64. The number of hydrogen-bond donors (Lipinski definition) is 1. The normalized spacial score (nSPS) is 21.0. The maximum absolute atomic E-state index is 5.61. The van der Waals surface area contributed by atoms with Gasteiger partial charge in [-0.3, -0.25) is 0 Å². The Morgan fingerprint density at radius 2 is 2.38 bits per heavy atom.